The zero-order valence-electron chi connectivity index (χ0n) is 35.0. The van der Waals surface area contributed by atoms with E-state index in [1.165, 1.54) is 141 Å². The third kappa shape index (κ3) is 34.1. The lowest BCUT2D eigenvalue weighted by atomic mass is 10.0. The summed E-state index contributed by atoms with van der Waals surface area (Å²) >= 11 is 0. The van der Waals surface area contributed by atoms with Gasteiger partial charge in [-0.25, -0.2) is 4.79 Å². The highest BCUT2D eigenvalue weighted by atomic mass is 16.6. The second-order valence-electron chi connectivity index (χ2n) is 16.3. The number of aliphatic carboxylic acids is 1. The Morgan fingerprint density at radius 1 is 0.500 bits per heavy atom. The Balaban J connectivity index is 4.22. The Morgan fingerprint density at radius 2 is 0.846 bits per heavy atom. The van der Waals surface area contributed by atoms with Gasteiger partial charge in [-0.1, -0.05) is 181 Å². The molecule has 308 valence electrons. The van der Waals surface area contributed by atoms with Crippen LogP contribution in [0.2, 0.25) is 0 Å². The van der Waals surface area contributed by atoms with Crippen molar-refractivity contribution in [1.29, 1.82) is 0 Å². The molecule has 0 aromatic heterocycles. The van der Waals surface area contributed by atoms with Gasteiger partial charge >= 0.3 is 17.9 Å². The minimum Gasteiger partial charge on any atom is -0.477 e. The van der Waals surface area contributed by atoms with Crippen molar-refractivity contribution in [3.05, 3.63) is 0 Å². The Morgan fingerprint density at radius 3 is 1.19 bits per heavy atom. The number of ether oxygens (including phenoxy) is 3. The van der Waals surface area contributed by atoms with Crippen molar-refractivity contribution in [2.45, 2.75) is 225 Å². The molecule has 0 heterocycles. The third-order valence-electron chi connectivity index (χ3n) is 10.3. The second-order valence-corrected chi connectivity index (χ2v) is 16.3. The van der Waals surface area contributed by atoms with Crippen LogP contribution in [0.1, 0.15) is 213 Å². The summed E-state index contributed by atoms with van der Waals surface area (Å²) in [5, 5.41) is 9.60. The number of carbonyl (C=O) groups is 3. The average molecular weight is 741 g/mol. The number of carbonyl (C=O) groups excluding carboxylic acids is 2. The zero-order valence-corrected chi connectivity index (χ0v) is 35.0. The van der Waals surface area contributed by atoms with Crippen molar-refractivity contribution in [3.63, 3.8) is 0 Å². The number of carboxylic acids is 1. The van der Waals surface area contributed by atoms with E-state index in [4.69, 9.17) is 14.2 Å². The van der Waals surface area contributed by atoms with Crippen LogP contribution < -0.4 is 0 Å². The molecular formula is C44H86NO7+. The van der Waals surface area contributed by atoms with Crippen molar-refractivity contribution in [2.75, 3.05) is 41.0 Å². The van der Waals surface area contributed by atoms with Gasteiger partial charge in [0, 0.05) is 19.3 Å². The molecule has 0 aromatic carbocycles. The summed E-state index contributed by atoms with van der Waals surface area (Å²) in [7, 11) is 5.53. The maximum Gasteiger partial charge on any atom is 0.362 e. The summed E-state index contributed by atoms with van der Waals surface area (Å²) in [6.45, 7) is 4.75. The van der Waals surface area contributed by atoms with Gasteiger partial charge < -0.3 is 23.8 Å². The standard InChI is InChI=1S/C44H85NO7/c1-6-8-10-12-14-16-17-18-19-20-21-22-23-24-25-27-29-31-33-35-43(47)52-40(38-50-37-36-41(44(48)49)45(3,4)5)39-51-42(46)34-32-30-28-26-15-13-11-9-7-2/h40-41H,6-39H2,1-5H3/p+1. The molecule has 2 unspecified atom stereocenters. The summed E-state index contributed by atoms with van der Waals surface area (Å²) in [4.78, 5) is 36.8. The molecule has 0 saturated carbocycles. The lowest BCUT2D eigenvalue weighted by Gasteiger charge is -2.31. The van der Waals surface area contributed by atoms with E-state index in [-0.39, 0.29) is 36.2 Å². The number of quaternary nitrogens is 1. The maximum atomic E-state index is 12.7. The van der Waals surface area contributed by atoms with Crippen LogP contribution in [-0.4, -0.2) is 80.6 Å². The zero-order chi connectivity index (χ0) is 38.5. The number of rotatable bonds is 40. The van der Waals surface area contributed by atoms with Crippen molar-refractivity contribution in [1.82, 2.24) is 0 Å². The monoisotopic (exact) mass is 741 g/mol. The molecule has 0 saturated heterocycles. The summed E-state index contributed by atoms with van der Waals surface area (Å²) in [6, 6.07) is -0.607. The van der Waals surface area contributed by atoms with Gasteiger partial charge in [-0.2, -0.15) is 0 Å². The second kappa shape index (κ2) is 36.3. The van der Waals surface area contributed by atoms with Gasteiger partial charge in [-0.15, -0.1) is 0 Å². The topological polar surface area (TPSA) is 99.1 Å². The number of hydrogen-bond donors (Lipinski definition) is 1. The molecule has 0 aromatic rings. The number of carboxylic acid groups (broad SMARTS) is 1. The van der Waals surface area contributed by atoms with Crippen LogP contribution in [0.3, 0.4) is 0 Å². The van der Waals surface area contributed by atoms with Crippen LogP contribution in [0.4, 0.5) is 0 Å². The Kier molecular flexibility index (Phi) is 35.1. The number of unbranched alkanes of at least 4 members (excludes halogenated alkanes) is 26. The minimum absolute atomic E-state index is 0.0428. The fraction of sp³-hybridized carbons (Fsp3) is 0.932. The van der Waals surface area contributed by atoms with Gasteiger partial charge in [0.05, 0.1) is 34.4 Å². The van der Waals surface area contributed by atoms with E-state index in [1.54, 1.807) is 0 Å². The molecule has 0 aliphatic heterocycles. The summed E-state index contributed by atoms with van der Waals surface area (Å²) in [6.07, 6.45) is 35.8. The molecule has 0 aliphatic carbocycles. The first-order valence-electron chi connectivity index (χ1n) is 22.1. The molecule has 0 radical (unpaired) electrons. The van der Waals surface area contributed by atoms with Gasteiger partial charge in [-0.05, 0) is 12.8 Å². The average Bonchev–Trinajstić information content (AvgIpc) is 3.09. The Bertz CT molecular complexity index is 828. The SMILES string of the molecule is CCCCCCCCCCCCCCCCCCCCCC(=O)OC(COCCC(C(=O)O)[N+](C)(C)C)COC(=O)CCCCCCCCCCC. The van der Waals surface area contributed by atoms with Crippen LogP contribution in [0.5, 0.6) is 0 Å². The van der Waals surface area contributed by atoms with E-state index in [2.05, 4.69) is 13.8 Å². The van der Waals surface area contributed by atoms with Gasteiger partial charge in [0.15, 0.2) is 12.1 Å². The highest BCUT2D eigenvalue weighted by Crippen LogP contribution is 2.16. The molecule has 8 heteroatoms. The lowest BCUT2D eigenvalue weighted by Crippen LogP contribution is -2.50. The summed E-state index contributed by atoms with van der Waals surface area (Å²) in [5.74, 6) is -1.45. The van der Waals surface area contributed by atoms with Crippen LogP contribution in [-0.2, 0) is 28.6 Å². The van der Waals surface area contributed by atoms with Gasteiger partial charge in [-0.3, -0.25) is 9.59 Å². The molecule has 0 rings (SSSR count). The number of nitrogens with zero attached hydrogens (tertiary/aromatic N) is 1. The summed E-state index contributed by atoms with van der Waals surface area (Å²) < 4.78 is 17.2. The van der Waals surface area contributed by atoms with Crippen molar-refractivity contribution < 1.29 is 38.2 Å². The minimum atomic E-state index is -0.871. The Hall–Kier alpha value is -1.67. The smallest absolute Gasteiger partial charge is 0.362 e. The highest BCUT2D eigenvalue weighted by Gasteiger charge is 2.31. The van der Waals surface area contributed by atoms with Gasteiger partial charge in [0.2, 0.25) is 0 Å². The molecule has 0 aliphatic rings. The van der Waals surface area contributed by atoms with Crippen LogP contribution in [0.15, 0.2) is 0 Å². The van der Waals surface area contributed by atoms with Crippen molar-refractivity contribution in [3.8, 4) is 0 Å². The number of hydrogen-bond acceptors (Lipinski definition) is 6. The van der Waals surface area contributed by atoms with Crippen LogP contribution in [0.25, 0.3) is 0 Å². The number of esters is 2. The van der Waals surface area contributed by atoms with E-state index < -0.39 is 18.1 Å². The predicted octanol–water partition coefficient (Wildman–Crippen LogP) is 11.8. The molecule has 52 heavy (non-hydrogen) atoms. The molecule has 1 N–H and O–H groups in total. The largest absolute Gasteiger partial charge is 0.477 e. The normalized spacial score (nSPS) is 12.9. The summed E-state index contributed by atoms with van der Waals surface area (Å²) in [5.41, 5.74) is 0. The van der Waals surface area contributed by atoms with Crippen molar-refractivity contribution in [2.24, 2.45) is 0 Å². The quantitative estimate of drug-likeness (QED) is 0.0379. The molecule has 0 spiro atoms. The maximum absolute atomic E-state index is 12.7. The van der Waals surface area contributed by atoms with E-state index >= 15 is 0 Å². The van der Waals surface area contributed by atoms with Crippen molar-refractivity contribution >= 4 is 17.9 Å². The lowest BCUT2D eigenvalue weighted by molar-refractivity contribution is -0.887. The van der Waals surface area contributed by atoms with Gasteiger partial charge in [0.1, 0.15) is 6.61 Å². The molecule has 0 bridgehead atoms. The first-order valence-corrected chi connectivity index (χ1v) is 22.1. The van der Waals surface area contributed by atoms with E-state index in [0.29, 0.717) is 19.3 Å². The first-order chi connectivity index (χ1) is 25.1. The molecule has 0 fully saturated rings. The predicted molar refractivity (Wildman–Crippen MR) is 216 cm³/mol. The van der Waals surface area contributed by atoms with E-state index in [1.807, 2.05) is 21.1 Å². The first kappa shape index (κ1) is 50.3. The van der Waals surface area contributed by atoms with E-state index in [9.17, 15) is 19.5 Å². The highest BCUT2D eigenvalue weighted by molar-refractivity contribution is 5.72. The molecule has 8 nitrogen and oxygen atoms in total. The van der Waals surface area contributed by atoms with Crippen LogP contribution in [0, 0.1) is 0 Å². The molecule has 2 atom stereocenters. The van der Waals surface area contributed by atoms with Crippen LogP contribution >= 0.6 is 0 Å². The fourth-order valence-corrected chi connectivity index (χ4v) is 6.80. The van der Waals surface area contributed by atoms with E-state index in [0.717, 1.165) is 38.5 Å². The third-order valence-corrected chi connectivity index (χ3v) is 10.3. The molecular weight excluding hydrogens is 654 g/mol. The van der Waals surface area contributed by atoms with Gasteiger partial charge in [0.25, 0.3) is 0 Å². The number of likely N-dealkylation sites (N-methyl/N-ethyl adjacent to an activating group) is 1. The molecule has 0 amide bonds. The Labute approximate surface area is 321 Å². The fourth-order valence-electron chi connectivity index (χ4n) is 6.80.